The number of nitrogens with zero attached hydrogens (tertiary/aromatic N) is 2. The molecule has 0 saturated carbocycles. The molecule has 7 heteroatoms. The molecule has 0 bridgehead atoms. The Hall–Kier alpha value is -0.966. The van der Waals surface area contributed by atoms with Crippen LogP contribution in [0.15, 0.2) is 107 Å². The van der Waals surface area contributed by atoms with Crippen LogP contribution in [0.2, 0.25) is 0 Å². The van der Waals surface area contributed by atoms with E-state index in [1.165, 1.54) is 16.0 Å². The standard InChI is InChI=1S/C26H26N2OPS2.C2H6.Pr/c29-32(26-8-4-6-24(20-26)22-11-15-28(30)16-12-22)18-2-1-17-31-25-7-3-5-23(19-25)21-9-13-27-14-10-21;1-2;/h3-16,19-20H,1-2,17-18,30H2;1-2H3;/q+1;;. The first-order chi connectivity index (χ1) is 16.7. The molecule has 4 aromatic rings. The molecular formula is C28H32N2OPPrS2+. The van der Waals surface area contributed by atoms with Crippen LogP contribution in [0.25, 0.3) is 22.3 Å². The first-order valence-corrected chi connectivity index (χ1v) is 14.4. The van der Waals surface area contributed by atoms with Crippen molar-refractivity contribution >= 4 is 32.0 Å². The van der Waals surface area contributed by atoms with Crippen molar-refractivity contribution < 1.29 is 49.8 Å². The molecule has 179 valence electrons. The molecule has 2 heterocycles. The van der Waals surface area contributed by atoms with Gasteiger partial charge in [-0.1, -0.05) is 38.1 Å². The molecule has 2 aromatic carbocycles. The Morgan fingerprint density at radius 2 is 1.46 bits per heavy atom. The molecular weight excluding hydrogens is 616 g/mol. The largest absolute Gasteiger partial charge is 0.265 e. The van der Waals surface area contributed by atoms with Crippen LogP contribution in [0.4, 0.5) is 0 Å². The summed E-state index contributed by atoms with van der Waals surface area (Å²) in [6, 6.07) is 24.9. The van der Waals surface area contributed by atoms with Gasteiger partial charge >= 0.3 is 0 Å². The van der Waals surface area contributed by atoms with Gasteiger partial charge in [0.15, 0.2) is 21.8 Å². The molecule has 0 saturated heterocycles. The predicted molar refractivity (Wildman–Crippen MR) is 149 cm³/mol. The molecule has 0 N–H and O–H groups in total. The fourth-order valence-corrected chi connectivity index (χ4v) is 5.73. The van der Waals surface area contributed by atoms with E-state index in [0.29, 0.717) is 5.75 Å². The van der Waals surface area contributed by atoms with Crippen LogP contribution in [0, 0.1) is 41.3 Å². The Kier molecular flexibility index (Phi) is 14.5. The summed E-state index contributed by atoms with van der Waals surface area (Å²) in [5, 5.41) is 0. The summed E-state index contributed by atoms with van der Waals surface area (Å²) in [4.78, 5) is 6.26. The minimum atomic E-state index is -0.973. The Morgan fingerprint density at radius 1 is 0.829 bits per heavy atom. The minimum Gasteiger partial charge on any atom is -0.265 e. The zero-order chi connectivity index (χ0) is 24.2. The molecule has 4 rings (SSSR count). The number of hydrogen-bond donors (Lipinski definition) is 0. The molecule has 35 heavy (non-hydrogen) atoms. The van der Waals surface area contributed by atoms with Gasteiger partial charge in [0.05, 0.1) is 10.8 Å². The minimum absolute atomic E-state index is 0. The molecule has 0 spiro atoms. The zero-order valence-electron chi connectivity index (χ0n) is 20.3. The normalized spacial score (nSPS) is 11.1. The molecule has 0 aliphatic carbocycles. The van der Waals surface area contributed by atoms with E-state index in [1.807, 2.05) is 79.0 Å². The molecule has 1 radical (unpaired) electrons. The van der Waals surface area contributed by atoms with Crippen molar-refractivity contribution in [3.05, 3.63) is 97.6 Å². The Balaban J connectivity index is 0.00000140. The van der Waals surface area contributed by atoms with E-state index in [2.05, 4.69) is 62.9 Å². The molecule has 2 aromatic heterocycles. The van der Waals surface area contributed by atoms with Gasteiger partial charge in [-0.25, -0.2) is 0 Å². The number of benzene rings is 2. The number of aromatic nitrogens is 2. The fraction of sp³-hybridized carbons (Fsp3) is 0.214. The predicted octanol–water partition coefficient (Wildman–Crippen LogP) is 7.05. The third-order valence-corrected chi connectivity index (χ3v) is 7.99. The van der Waals surface area contributed by atoms with Crippen LogP contribution in [0.5, 0.6) is 0 Å². The maximum Gasteiger partial charge on any atom is 0.170 e. The Bertz CT molecular complexity index is 1190. The monoisotopic (exact) mass is 648 g/mol. The van der Waals surface area contributed by atoms with Crippen molar-refractivity contribution in [3.8, 4) is 22.3 Å². The van der Waals surface area contributed by atoms with Crippen molar-refractivity contribution in [3.63, 3.8) is 0 Å². The van der Waals surface area contributed by atoms with Crippen LogP contribution in [0.3, 0.4) is 0 Å². The average molecular weight is 649 g/mol. The number of thioether (sulfide) groups is 1. The quantitative estimate of drug-likeness (QED) is 0.111. The first-order valence-electron chi connectivity index (χ1n) is 11.6. The average Bonchev–Trinajstić information content (AvgIpc) is 2.91. The van der Waals surface area contributed by atoms with Gasteiger partial charge in [-0.05, 0) is 77.2 Å². The second-order valence-corrected chi connectivity index (χ2v) is 10.8. The fourth-order valence-electron chi connectivity index (χ4n) is 3.40. The van der Waals surface area contributed by atoms with E-state index in [1.54, 1.807) is 0 Å². The summed E-state index contributed by atoms with van der Waals surface area (Å²) in [6.07, 6.45) is 9.63. The van der Waals surface area contributed by atoms with Gasteiger partial charge < -0.3 is 0 Å². The molecule has 0 aliphatic rings. The molecule has 0 fully saturated rings. The number of unbranched alkanes of at least 4 members (excludes halogenated alkanes) is 1. The van der Waals surface area contributed by atoms with Gasteiger partial charge in [0, 0.05) is 81.4 Å². The van der Waals surface area contributed by atoms with Gasteiger partial charge in [-0.3, -0.25) is 9.19 Å². The van der Waals surface area contributed by atoms with Gasteiger partial charge in [0.25, 0.3) is 0 Å². The summed E-state index contributed by atoms with van der Waals surface area (Å²) in [5.41, 5.74) is 4.63. The zero-order valence-corrected chi connectivity index (χ0v) is 26.8. The summed E-state index contributed by atoms with van der Waals surface area (Å²) < 4.78 is 14.7. The third-order valence-electron chi connectivity index (χ3n) is 5.12. The van der Waals surface area contributed by atoms with Gasteiger partial charge in [0.2, 0.25) is 0 Å². The van der Waals surface area contributed by atoms with Crippen LogP contribution in [-0.4, -0.2) is 20.7 Å². The summed E-state index contributed by atoms with van der Waals surface area (Å²) in [7, 11) is 1.65. The summed E-state index contributed by atoms with van der Waals surface area (Å²) in [5.74, 6) is 1.72. The van der Waals surface area contributed by atoms with E-state index in [-0.39, 0.29) is 41.3 Å². The SMILES string of the molecule is CC.O=S(CCCCSc1cccc(-c2ccncc2)c1)c1cccc(-c2cc[n+](P)cc2)c1.[Pr]. The molecule has 3 nitrogen and oxygen atoms in total. The van der Waals surface area contributed by atoms with Crippen molar-refractivity contribution in [1.29, 1.82) is 0 Å². The van der Waals surface area contributed by atoms with Crippen molar-refractivity contribution in [2.24, 2.45) is 0 Å². The van der Waals surface area contributed by atoms with E-state index < -0.39 is 10.8 Å². The Morgan fingerprint density at radius 3 is 2.17 bits per heavy atom. The van der Waals surface area contributed by atoms with Crippen molar-refractivity contribution in [2.45, 2.75) is 36.5 Å². The van der Waals surface area contributed by atoms with E-state index in [9.17, 15) is 4.21 Å². The smallest absolute Gasteiger partial charge is 0.170 e. The van der Waals surface area contributed by atoms with Gasteiger partial charge in [-0.2, -0.15) is 4.34 Å². The van der Waals surface area contributed by atoms with Gasteiger partial charge in [0.1, 0.15) is 0 Å². The number of hydrogen-bond acceptors (Lipinski definition) is 3. The summed E-state index contributed by atoms with van der Waals surface area (Å²) in [6.45, 7) is 4.00. The third kappa shape index (κ3) is 9.78. The molecule has 0 amide bonds. The van der Waals surface area contributed by atoms with Crippen LogP contribution in [0.1, 0.15) is 26.7 Å². The second kappa shape index (κ2) is 16.7. The van der Waals surface area contributed by atoms with Crippen molar-refractivity contribution in [1.82, 2.24) is 4.98 Å². The van der Waals surface area contributed by atoms with Crippen LogP contribution in [-0.2, 0) is 10.8 Å². The van der Waals surface area contributed by atoms with E-state index in [4.69, 9.17) is 0 Å². The molecule has 0 aliphatic heterocycles. The summed E-state index contributed by atoms with van der Waals surface area (Å²) >= 11 is 1.86. The molecule has 2 atom stereocenters. The number of pyridine rings is 2. The van der Waals surface area contributed by atoms with Crippen LogP contribution >= 0.6 is 21.2 Å². The van der Waals surface area contributed by atoms with E-state index >= 15 is 0 Å². The maximum atomic E-state index is 12.8. The number of rotatable bonds is 9. The van der Waals surface area contributed by atoms with Crippen LogP contribution < -0.4 is 4.34 Å². The first kappa shape index (κ1) is 30.3. The van der Waals surface area contributed by atoms with E-state index in [0.717, 1.165) is 34.6 Å². The maximum absolute atomic E-state index is 12.8. The van der Waals surface area contributed by atoms with Gasteiger partial charge in [-0.15, -0.1) is 11.8 Å². The topological polar surface area (TPSA) is 33.8 Å². The second-order valence-electron chi connectivity index (χ2n) is 7.43. The Labute approximate surface area is 252 Å². The molecule has 2 unspecified atom stereocenters. The van der Waals surface area contributed by atoms with Crippen molar-refractivity contribution in [2.75, 3.05) is 11.5 Å².